The molecule has 2 aromatic carbocycles. The molecule has 1 amide bonds. The molecule has 2 atom stereocenters. The van der Waals surface area contributed by atoms with E-state index in [1.165, 1.54) is 23.4 Å². The number of rotatable bonds is 8. The second-order valence-electron chi connectivity index (χ2n) is 8.87. The number of halogens is 2. The lowest BCUT2D eigenvalue weighted by atomic mass is 9.84. The summed E-state index contributed by atoms with van der Waals surface area (Å²) in [7, 11) is 1.58. The Morgan fingerprint density at radius 3 is 2.56 bits per heavy atom. The van der Waals surface area contributed by atoms with E-state index in [1.807, 2.05) is 11.8 Å². The summed E-state index contributed by atoms with van der Waals surface area (Å²) in [5.74, 6) is -1.05. The molecule has 0 saturated carbocycles. The van der Waals surface area contributed by atoms with Gasteiger partial charge in [-0.25, -0.2) is 18.4 Å². The summed E-state index contributed by atoms with van der Waals surface area (Å²) in [6.45, 7) is 2.88. The summed E-state index contributed by atoms with van der Waals surface area (Å²) in [6, 6.07) is 9.73. The Labute approximate surface area is 208 Å². The molecule has 3 aromatic rings. The number of likely N-dealkylation sites (tertiary alicyclic amines) is 1. The fourth-order valence-corrected chi connectivity index (χ4v) is 4.53. The first-order valence-corrected chi connectivity index (χ1v) is 11.7. The lowest BCUT2D eigenvalue weighted by Gasteiger charge is -2.43. The molecule has 190 valence electrons. The first kappa shape index (κ1) is 25.5. The molecule has 4 rings (SSSR count). The molecule has 8 nitrogen and oxygen atoms in total. The van der Waals surface area contributed by atoms with Crippen LogP contribution in [0.5, 0.6) is 5.75 Å². The van der Waals surface area contributed by atoms with Crippen LogP contribution in [0.1, 0.15) is 25.3 Å². The van der Waals surface area contributed by atoms with Crippen molar-refractivity contribution >= 4 is 11.6 Å². The molecular weight excluding hydrogens is 468 g/mol. The maximum atomic E-state index is 14.8. The number of carbonyl (C=O) groups is 1. The second kappa shape index (κ2) is 11.0. The number of methoxy groups -OCH3 is 1. The van der Waals surface area contributed by atoms with Crippen molar-refractivity contribution in [3.8, 4) is 5.75 Å². The number of hydrogen-bond acceptors (Lipinski definition) is 6. The molecule has 1 fully saturated rings. The highest BCUT2D eigenvalue weighted by atomic mass is 19.1. The zero-order valence-electron chi connectivity index (χ0n) is 20.2. The summed E-state index contributed by atoms with van der Waals surface area (Å²) in [6.07, 6.45) is 5.61. The molecule has 1 aliphatic heterocycles. The Hall–Kier alpha value is -3.63. The Balaban J connectivity index is 1.45. The second-order valence-corrected chi connectivity index (χ2v) is 8.87. The van der Waals surface area contributed by atoms with Crippen molar-refractivity contribution in [1.29, 1.82) is 0 Å². The summed E-state index contributed by atoms with van der Waals surface area (Å²) < 4.78 is 34.9. The third-order valence-corrected chi connectivity index (χ3v) is 6.64. The Kier molecular flexibility index (Phi) is 7.76. The van der Waals surface area contributed by atoms with E-state index in [4.69, 9.17) is 4.74 Å². The Bertz CT molecular complexity index is 1210. The van der Waals surface area contributed by atoms with Crippen LogP contribution >= 0.6 is 0 Å². The van der Waals surface area contributed by atoms with Gasteiger partial charge in [-0.2, -0.15) is 5.10 Å². The Morgan fingerprint density at radius 2 is 1.94 bits per heavy atom. The van der Waals surface area contributed by atoms with Crippen molar-refractivity contribution < 1.29 is 23.4 Å². The van der Waals surface area contributed by atoms with Gasteiger partial charge >= 0.3 is 0 Å². The largest absolute Gasteiger partial charge is 0.497 e. The number of aliphatic hydroxyl groups is 1. The minimum absolute atomic E-state index is 0.00731. The number of ether oxygens (including phenoxy) is 1. The van der Waals surface area contributed by atoms with Gasteiger partial charge in [0.25, 0.3) is 0 Å². The van der Waals surface area contributed by atoms with Gasteiger partial charge in [-0.05, 0) is 50.1 Å². The molecule has 1 aromatic heterocycles. The highest BCUT2D eigenvalue weighted by molar-refractivity contribution is 5.99. The molecule has 0 aliphatic carbocycles. The lowest BCUT2D eigenvalue weighted by Crippen LogP contribution is -2.53. The lowest BCUT2D eigenvalue weighted by molar-refractivity contribution is -0.112. The molecule has 0 radical (unpaired) electrons. The van der Waals surface area contributed by atoms with Gasteiger partial charge in [0, 0.05) is 42.5 Å². The van der Waals surface area contributed by atoms with Crippen LogP contribution in [0.2, 0.25) is 0 Å². The summed E-state index contributed by atoms with van der Waals surface area (Å²) in [5.41, 5.74) is -0.0501. The Morgan fingerprint density at radius 1 is 1.22 bits per heavy atom. The van der Waals surface area contributed by atoms with Crippen molar-refractivity contribution in [3.05, 3.63) is 84.0 Å². The van der Waals surface area contributed by atoms with Crippen molar-refractivity contribution in [2.45, 2.75) is 38.0 Å². The van der Waals surface area contributed by atoms with Crippen LogP contribution in [0.4, 0.5) is 14.5 Å². The minimum atomic E-state index is -1.70. The van der Waals surface area contributed by atoms with Crippen LogP contribution in [0.25, 0.3) is 0 Å². The van der Waals surface area contributed by atoms with Crippen LogP contribution in [0, 0.1) is 11.6 Å². The van der Waals surface area contributed by atoms with Crippen molar-refractivity contribution in [2.24, 2.45) is 0 Å². The van der Waals surface area contributed by atoms with Crippen LogP contribution in [-0.4, -0.2) is 56.9 Å². The van der Waals surface area contributed by atoms with Gasteiger partial charge in [0.05, 0.1) is 13.7 Å². The summed E-state index contributed by atoms with van der Waals surface area (Å²) in [4.78, 5) is 18.4. The maximum absolute atomic E-state index is 14.8. The number of nitrogens with one attached hydrogen (secondary N) is 1. The number of anilines is 1. The average Bonchev–Trinajstić information content (AvgIpc) is 3.37. The number of aromatic nitrogens is 3. The quantitative estimate of drug-likeness (QED) is 0.463. The third kappa shape index (κ3) is 5.77. The van der Waals surface area contributed by atoms with Crippen LogP contribution in [-0.2, 0) is 16.9 Å². The van der Waals surface area contributed by atoms with E-state index in [1.54, 1.807) is 37.5 Å². The maximum Gasteiger partial charge on any atom is 0.248 e. The zero-order chi connectivity index (χ0) is 25.7. The van der Waals surface area contributed by atoms with Gasteiger partial charge in [-0.3, -0.25) is 9.69 Å². The van der Waals surface area contributed by atoms with Crippen molar-refractivity contribution in [2.75, 3.05) is 25.5 Å². The first-order chi connectivity index (χ1) is 17.3. The SMILES string of the molecule is COc1ccc(NC(=O)C=C2CCN([C@H](C)[C@](O)(Cn3cncn3)c3ccc(F)cc3F)CC2)cc1. The molecular formula is C26H29F2N5O3. The van der Waals surface area contributed by atoms with E-state index in [9.17, 15) is 18.7 Å². The number of nitrogens with zero attached hydrogens (tertiary/aromatic N) is 4. The molecule has 10 heteroatoms. The zero-order valence-corrected chi connectivity index (χ0v) is 20.2. The number of carbonyl (C=O) groups excluding carboxylic acids is 1. The average molecular weight is 498 g/mol. The van der Waals surface area contributed by atoms with Gasteiger partial charge in [0.1, 0.15) is 35.6 Å². The molecule has 36 heavy (non-hydrogen) atoms. The monoisotopic (exact) mass is 497 g/mol. The third-order valence-electron chi connectivity index (χ3n) is 6.64. The van der Waals surface area contributed by atoms with Crippen LogP contribution in [0.15, 0.2) is 66.8 Å². The minimum Gasteiger partial charge on any atom is -0.497 e. The fourth-order valence-electron chi connectivity index (χ4n) is 4.53. The van der Waals surface area contributed by atoms with E-state index < -0.39 is 23.3 Å². The summed E-state index contributed by atoms with van der Waals surface area (Å²) >= 11 is 0. The smallest absolute Gasteiger partial charge is 0.248 e. The molecule has 2 N–H and O–H groups in total. The normalized spacial score (nSPS) is 16.8. The van der Waals surface area contributed by atoms with Gasteiger partial charge in [0.2, 0.25) is 5.91 Å². The van der Waals surface area contributed by atoms with E-state index in [-0.39, 0.29) is 18.0 Å². The number of hydrogen-bond donors (Lipinski definition) is 2. The summed E-state index contributed by atoms with van der Waals surface area (Å²) in [5, 5.41) is 18.7. The predicted molar refractivity (Wildman–Crippen MR) is 130 cm³/mol. The van der Waals surface area contributed by atoms with E-state index >= 15 is 0 Å². The highest BCUT2D eigenvalue weighted by Crippen LogP contribution is 2.34. The van der Waals surface area contributed by atoms with Crippen LogP contribution in [0.3, 0.4) is 0 Å². The molecule has 1 aliphatic rings. The fraction of sp³-hybridized carbons (Fsp3) is 0.346. The van der Waals surface area contributed by atoms with Crippen molar-refractivity contribution in [1.82, 2.24) is 19.7 Å². The molecule has 0 unspecified atom stereocenters. The molecule has 2 heterocycles. The topological polar surface area (TPSA) is 92.5 Å². The van der Waals surface area contributed by atoms with Gasteiger partial charge in [0.15, 0.2) is 0 Å². The number of amides is 1. The number of piperidine rings is 1. The number of benzene rings is 2. The molecule has 0 bridgehead atoms. The van der Waals surface area contributed by atoms with Gasteiger partial charge in [-0.15, -0.1) is 0 Å². The highest BCUT2D eigenvalue weighted by Gasteiger charge is 2.42. The molecule has 0 spiro atoms. The predicted octanol–water partition coefficient (Wildman–Crippen LogP) is 3.50. The van der Waals surface area contributed by atoms with E-state index in [2.05, 4.69) is 15.4 Å². The first-order valence-electron chi connectivity index (χ1n) is 11.7. The molecule has 1 saturated heterocycles. The van der Waals surface area contributed by atoms with Gasteiger partial charge < -0.3 is 15.2 Å². The van der Waals surface area contributed by atoms with Gasteiger partial charge in [-0.1, -0.05) is 11.6 Å². The van der Waals surface area contributed by atoms with E-state index in [0.717, 1.165) is 17.7 Å². The van der Waals surface area contributed by atoms with Crippen molar-refractivity contribution in [3.63, 3.8) is 0 Å². The van der Waals surface area contributed by atoms with Crippen LogP contribution < -0.4 is 10.1 Å². The van der Waals surface area contributed by atoms with E-state index in [0.29, 0.717) is 37.4 Å². The standard InChI is InChI=1S/C26H29F2N5O3/c1-18(26(35,15-33-17-29-16-30-33)23-8-3-20(27)14-24(23)28)32-11-9-19(10-12-32)13-25(34)31-21-4-6-22(36-2)7-5-21/h3-8,13-14,16-18,35H,9-12,15H2,1-2H3,(H,31,34)/t18-,26-/m1/s1.